The van der Waals surface area contributed by atoms with Gasteiger partial charge in [-0.3, -0.25) is 0 Å². The molecule has 1 N–H and O–H groups in total. The van der Waals surface area contributed by atoms with Crippen molar-refractivity contribution >= 4 is 5.82 Å². The summed E-state index contributed by atoms with van der Waals surface area (Å²) in [4.78, 5) is 8.15. The van der Waals surface area contributed by atoms with Gasteiger partial charge in [-0.1, -0.05) is 12.1 Å². The van der Waals surface area contributed by atoms with Crippen LogP contribution < -0.4 is 5.32 Å². The van der Waals surface area contributed by atoms with Gasteiger partial charge in [-0.2, -0.15) is 10.4 Å². The summed E-state index contributed by atoms with van der Waals surface area (Å²) in [5.41, 5.74) is 2.58. The Balaban J connectivity index is 1.78. The molecule has 0 radical (unpaired) electrons. The lowest BCUT2D eigenvalue weighted by molar-refractivity contribution is 0.857. The van der Waals surface area contributed by atoms with Crippen molar-refractivity contribution in [1.82, 2.24) is 19.7 Å². The topological polar surface area (TPSA) is 79.4 Å². The van der Waals surface area contributed by atoms with E-state index in [9.17, 15) is 0 Å². The summed E-state index contributed by atoms with van der Waals surface area (Å²) < 4.78 is 1.70. The fourth-order valence-corrected chi connectivity index (χ4v) is 2.16. The highest BCUT2D eigenvalue weighted by Crippen LogP contribution is 2.21. The van der Waals surface area contributed by atoms with Crippen molar-refractivity contribution < 1.29 is 0 Å². The molecular formula is C16H14N6. The molecule has 2 aromatic heterocycles. The number of rotatable bonds is 4. The molecule has 2 heterocycles. The molecule has 0 fully saturated rings. The van der Waals surface area contributed by atoms with Crippen molar-refractivity contribution in [3.05, 3.63) is 66.4 Å². The van der Waals surface area contributed by atoms with Gasteiger partial charge in [-0.15, -0.1) is 0 Å². The second-order valence-corrected chi connectivity index (χ2v) is 4.81. The Bertz CT molecular complexity index is 786. The van der Waals surface area contributed by atoms with Crippen molar-refractivity contribution in [2.24, 2.45) is 0 Å². The van der Waals surface area contributed by atoms with E-state index in [2.05, 4.69) is 26.5 Å². The van der Waals surface area contributed by atoms with Gasteiger partial charge in [0, 0.05) is 12.2 Å². The maximum absolute atomic E-state index is 9.10. The van der Waals surface area contributed by atoms with Gasteiger partial charge in [0.2, 0.25) is 0 Å². The molecule has 0 bridgehead atoms. The molecule has 1 atom stereocenters. The van der Waals surface area contributed by atoms with Crippen LogP contribution in [0.5, 0.6) is 0 Å². The fraction of sp³-hybridized carbons (Fsp3) is 0.125. The highest BCUT2D eigenvalue weighted by atomic mass is 15.3. The first-order chi connectivity index (χ1) is 10.8. The molecule has 6 heteroatoms. The number of hydrogen-bond donors (Lipinski definition) is 1. The van der Waals surface area contributed by atoms with Crippen molar-refractivity contribution in [2.75, 3.05) is 5.32 Å². The monoisotopic (exact) mass is 290 g/mol. The van der Waals surface area contributed by atoms with Crippen molar-refractivity contribution in [1.29, 1.82) is 5.26 Å². The van der Waals surface area contributed by atoms with Crippen molar-refractivity contribution in [3.63, 3.8) is 0 Å². The molecule has 1 unspecified atom stereocenters. The summed E-state index contributed by atoms with van der Waals surface area (Å²) in [6.45, 7) is 2.03. The van der Waals surface area contributed by atoms with Crippen LogP contribution in [0, 0.1) is 11.3 Å². The van der Waals surface area contributed by atoms with Gasteiger partial charge < -0.3 is 5.32 Å². The van der Waals surface area contributed by atoms with Crippen molar-refractivity contribution in [2.45, 2.75) is 13.0 Å². The minimum Gasteiger partial charge on any atom is -0.362 e. The first-order valence-electron chi connectivity index (χ1n) is 6.84. The number of hydrogen-bond acceptors (Lipinski definition) is 5. The van der Waals surface area contributed by atoms with Gasteiger partial charge in [0.15, 0.2) is 0 Å². The fourth-order valence-electron chi connectivity index (χ4n) is 2.16. The molecule has 3 aromatic rings. The molecular weight excluding hydrogens is 276 g/mol. The standard InChI is InChI=1S/C16H14N6/c1-12(21-16-14(9-17)3-2-8-19-16)13-4-6-15(7-5-13)22-11-18-10-20-22/h2-8,10-12H,1H3,(H,19,21). The quantitative estimate of drug-likeness (QED) is 0.799. The number of benzene rings is 1. The van der Waals surface area contributed by atoms with Crippen LogP contribution in [0.15, 0.2) is 55.2 Å². The summed E-state index contributed by atoms with van der Waals surface area (Å²) in [6.07, 6.45) is 4.83. The highest BCUT2D eigenvalue weighted by Gasteiger charge is 2.09. The Hall–Kier alpha value is -3.20. The molecule has 6 nitrogen and oxygen atoms in total. The third-order valence-corrected chi connectivity index (χ3v) is 3.36. The summed E-state index contributed by atoms with van der Waals surface area (Å²) in [5, 5.41) is 16.5. The summed E-state index contributed by atoms with van der Waals surface area (Å²) in [6, 6.07) is 13.7. The third-order valence-electron chi connectivity index (χ3n) is 3.36. The van der Waals surface area contributed by atoms with E-state index in [-0.39, 0.29) is 6.04 Å². The predicted octanol–water partition coefficient (Wildman–Crippen LogP) is 2.71. The zero-order valence-corrected chi connectivity index (χ0v) is 12.0. The molecule has 0 spiro atoms. The van der Waals surface area contributed by atoms with Crippen LogP contribution in [0.25, 0.3) is 5.69 Å². The van der Waals surface area contributed by atoms with Crippen LogP contribution in [0.1, 0.15) is 24.1 Å². The summed E-state index contributed by atoms with van der Waals surface area (Å²) in [5.74, 6) is 0.595. The molecule has 0 aliphatic rings. The molecule has 3 rings (SSSR count). The van der Waals surface area contributed by atoms with E-state index in [1.54, 1.807) is 29.3 Å². The van der Waals surface area contributed by atoms with E-state index < -0.39 is 0 Å². The summed E-state index contributed by atoms with van der Waals surface area (Å²) >= 11 is 0. The van der Waals surface area contributed by atoms with Gasteiger partial charge in [-0.25, -0.2) is 14.6 Å². The predicted molar refractivity (Wildman–Crippen MR) is 82.3 cm³/mol. The Morgan fingerprint density at radius 3 is 2.73 bits per heavy atom. The maximum Gasteiger partial charge on any atom is 0.144 e. The SMILES string of the molecule is CC(Nc1ncccc1C#N)c1ccc(-n2cncn2)cc1. The zero-order valence-electron chi connectivity index (χ0n) is 12.0. The van der Waals surface area contributed by atoms with E-state index in [0.29, 0.717) is 11.4 Å². The molecule has 0 saturated heterocycles. The number of anilines is 1. The van der Waals surface area contributed by atoms with E-state index in [4.69, 9.17) is 5.26 Å². The summed E-state index contributed by atoms with van der Waals surface area (Å²) in [7, 11) is 0. The molecule has 22 heavy (non-hydrogen) atoms. The number of nitriles is 1. The van der Waals surface area contributed by atoms with Crippen LogP contribution in [-0.2, 0) is 0 Å². The van der Waals surface area contributed by atoms with E-state index in [0.717, 1.165) is 11.3 Å². The second kappa shape index (κ2) is 6.06. The minimum absolute atomic E-state index is 0.0341. The normalized spacial score (nSPS) is 11.6. The first-order valence-corrected chi connectivity index (χ1v) is 6.84. The Labute approximate surface area is 128 Å². The number of nitrogens with one attached hydrogen (secondary N) is 1. The Morgan fingerprint density at radius 2 is 2.05 bits per heavy atom. The number of pyridine rings is 1. The van der Waals surface area contributed by atoms with Gasteiger partial charge in [0.1, 0.15) is 24.5 Å². The van der Waals surface area contributed by atoms with E-state index in [1.165, 1.54) is 6.33 Å². The number of nitrogens with zero attached hydrogens (tertiary/aromatic N) is 5. The van der Waals surface area contributed by atoms with Crippen LogP contribution >= 0.6 is 0 Å². The lowest BCUT2D eigenvalue weighted by atomic mass is 10.1. The molecule has 0 aliphatic carbocycles. The van der Waals surface area contributed by atoms with Gasteiger partial charge >= 0.3 is 0 Å². The molecule has 1 aromatic carbocycles. The van der Waals surface area contributed by atoms with Gasteiger partial charge in [0.05, 0.1) is 11.3 Å². The average Bonchev–Trinajstić information content (AvgIpc) is 3.10. The zero-order chi connectivity index (χ0) is 15.4. The van der Waals surface area contributed by atoms with Crippen molar-refractivity contribution in [3.8, 4) is 11.8 Å². The largest absolute Gasteiger partial charge is 0.362 e. The van der Waals surface area contributed by atoms with Crippen LogP contribution in [0.3, 0.4) is 0 Å². The minimum atomic E-state index is 0.0341. The number of aromatic nitrogens is 4. The first kappa shape index (κ1) is 13.8. The smallest absolute Gasteiger partial charge is 0.144 e. The average molecular weight is 290 g/mol. The molecule has 0 amide bonds. The lowest BCUT2D eigenvalue weighted by Crippen LogP contribution is -2.09. The van der Waals surface area contributed by atoms with E-state index >= 15 is 0 Å². The van der Waals surface area contributed by atoms with Crippen LogP contribution in [0.2, 0.25) is 0 Å². The van der Waals surface area contributed by atoms with Crippen LogP contribution in [-0.4, -0.2) is 19.7 Å². The molecule has 0 saturated carbocycles. The Morgan fingerprint density at radius 1 is 1.23 bits per heavy atom. The van der Waals surface area contributed by atoms with Gasteiger partial charge in [0.25, 0.3) is 0 Å². The lowest BCUT2D eigenvalue weighted by Gasteiger charge is -2.16. The maximum atomic E-state index is 9.10. The van der Waals surface area contributed by atoms with E-state index in [1.807, 2.05) is 31.2 Å². The Kier molecular flexibility index (Phi) is 3.79. The van der Waals surface area contributed by atoms with Crippen LogP contribution in [0.4, 0.5) is 5.82 Å². The highest BCUT2D eigenvalue weighted by molar-refractivity contribution is 5.52. The van der Waals surface area contributed by atoms with Gasteiger partial charge in [-0.05, 0) is 36.8 Å². The molecule has 0 aliphatic heterocycles. The molecule has 108 valence electrons. The second-order valence-electron chi connectivity index (χ2n) is 4.81. The third kappa shape index (κ3) is 2.79.